The molecule has 0 amide bonds. The highest BCUT2D eigenvalue weighted by Gasteiger charge is 2.25. The Morgan fingerprint density at radius 2 is 2.20 bits per heavy atom. The van der Waals surface area contributed by atoms with Crippen LogP contribution in [0.15, 0.2) is 36.8 Å². The molecular formula is C20H27N9O. The summed E-state index contributed by atoms with van der Waals surface area (Å²) in [6.07, 6.45) is 7.44. The molecule has 0 atom stereocenters. The van der Waals surface area contributed by atoms with Gasteiger partial charge in [-0.2, -0.15) is 9.61 Å². The molecule has 10 heteroatoms. The van der Waals surface area contributed by atoms with Crippen molar-refractivity contribution in [1.82, 2.24) is 24.6 Å². The Morgan fingerprint density at radius 3 is 2.90 bits per heavy atom. The number of fused-ring (bicyclic) bond motifs is 1. The maximum absolute atomic E-state index is 6.30. The molecule has 4 rings (SSSR count). The number of nitrogens with two attached hydrogens (primary N) is 2. The van der Waals surface area contributed by atoms with Crippen LogP contribution in [0.3, 0.4) is 0 Å². The number of aromatic nitrogens is 4. The number of hydrazine groups is 1. The number of hydrogen-bond donors (Lipinski definition) is 4. The Hall–Kier alpha value is -3.53. The van der Waals surface area contributed by atoms with Gasteiger partial charge in [-0.25, -0.2) is 15.8 Å². The van der Waals surface area contributed by atoms with Gasteiger partial charge < -0.3 is 26.1 Å². The van der Waals surface area contributed by atoms with Gasteiger partial charge in [0.15, 0.2) is 5.65 Å². The number of ether oxygens (including phenoxy) is 1. The Labute approximate surface area is 174 Å². The maximum Gasteiger partial charge on any atom is 0.238 e. The van der Waals surface area contributed by atoms with Crippen molar-refractivity contribution in [2.24, 2.45) is 11.6 Å². The van der Waals surface area contributed by atoms with Gasteiger partial charge in [0.1, 0.15) is 23.4 Å². The Morgan fingerprint density at radius 1 is 1.40 bits per heavy atom. The molecule has 1 aliphatic carbocycles. The van der Waals surface area contributed by atoms with Crippen LogP contribution in [0.2, 0.25) is 0 Å². The van der Waals surface area contributed by atoms with E-state index in [9.17, 15) is 0 Å². The van der Waals surface area contributed by atoms with Crippen molar-refractivity contribution in [3.8, 4) is 5.88 Å². The fourth-order valence-electron chi connectivity index (χ4n) is 2.85. The molecular weight excluding hydrogens is 382 g/mol. The molecule has 6 N–H and O–H groups in total. The van der Waals surface area contributed by atoms with Gasteiger partial charge in [-0.15, -0.1) is 0 Å². The normalized spacial score (nSPS) is 14.2. The van der Waals surface area contributed by atoms with Crippen LogP contribution >= 0.6 is 0 Å². The minimum absolute atomic E-state index is 0.110. The van der Waals surface area contributed by atoms with Gasteiger partial charge >= 0.3 is 0 Å². The monoisotopic (exact) mass is 409 g/mol. The van der Waals surface area contributed by atoms with Crippen LogP contribution in [0.1, 0.15) is 32.3 Å². The molecule has 0 bridgehead atoms. The molecule has 0 aliphatic heterocycles. The van der Waals surface area contributed by atoms with Crippen LogP contribution in [-0.2, 0) is 0 Å². The van der Waals surface area contributed by atoms with E-state index in [1.165, 1.54) is 0 Å². The fraction of sp³-hybridized carbons (Fsp3) is 0.350. The van der Waals surface area contributed by atoms with E-state index in [0.717, 1.165) is 24.3 Å². The summed E-state index contributed by atoms with van der Waals surface area (Å²) in [5, 5.41) is 12.4. The molecule has 3 aromatic heterocycles. The van der Waals surface area contributed by atoms with Gasteiger partial charge in [0.25, 0.3) is 0 Å². The molecule has 30 heavy (non-hydrogen) atoms. The van der Waals surface area contributed by atoms with Crippen molar-refractivity contribution >= 4 is 28.7 Å². The number of hydrogen-bond acceptors (Lipinski definition) is 9. The first-order chi connectivity index (χ1) is 14.5. The van der Waals surface area contributed by atoms with Crippen molar-refractivity contribution in [2.45, 2.75) is 38.8 Å². The minimum Gasteiger partial charge on any atom is -0.473 e. The molecule has 158 valence electrons. The van der Waals surface area contributed by atoms with Crippen molar-refractivity contribution in [3.63, 3.8) is 0 Å². The van der Waals surface area contributed by atoms with Crippen LogP contribution in [0.4, 0.5) is 17.3 Å². The molecule has 0 spiro atoms. The van der Waals surface area contributed by atoms with Gasteiger partial charge in [-0.3, -0.25) is 0 Å². The average molecular weight is 409 g/mol. The standard InChI is InChI=1S/C20H27N9O/c1-12(2)28(22)11-15(21)14-10-25-29-18(23-3)9-17(27-19(14)29)26-16-5-4-8-24-20(16)30-13-6-7-13/h4-5,8-13,23H,6-7,21-22H2,1-3H3,(H,26,27)/b15-11-. The number of nitrogens with one attached hydrogen (secondary N) is 2. The van der Waals surface area contributed by atoms with E-state index in [2.05, 4.69) is 20.7 Å². The minimum atomic E-state index is 0.110. The van der Waals surface area contributed by atoms with Crippen LogP contribution in [0.5, 0.6) is 5.88 Å². The third-order valence-electron chi connectivity index (χ3n) is 4.76. The first-order valence-electron chi connectivity index (χ1n) is 9.92. The summed E-state index contributed by atoms with van der Waals surface area (Å²) in [5.74, 6) is 7.93. The highest BCUT2D eigenvalue weighted by Crippen LogP contribution is 2.32. The number of anilines is 3. The summed E-state index contributed by atoms with van der Waals surface area (Å²) in [5.41, 5.74) is 8.82. The number of rotatable bonds is 8. The van der Waals surface area contributed by atoms with Crippen molar-refractivity contribution in [2.75, 3.05) is 17.7 Å². The van der Waals surface area contributed by atoms with Crippen molar-refractivity contribution < 1.29 is 4.74 Å². The first kappa shape index (κ1) is 19.8. The number of pyridine rings is 1. The molecule has 0 saturated heterocycles. The molecule has 0 radical (unpaired) electrons. The molecule has 0 unspecified atom stereocenters. The predicted molar refractivity (Wildman–Crippen MR) is 117 cm³/mol. The van der Waals surface area contributed by atoms with Gasteiger partial charge in [-0.05, 0) is 38.8 Å². The van der Waals surface area contributed by atoms with Crippen molar-refractivity contribution in [1.29, 1.82) is 0 Å². The van der Waals surface area contributed by atoms with E-state index in [1.54, 1.807) is 28.1 Å². The highest BCUT2D eigenvalue weighted by atomic mass is 16.5. The van der Waals surface area contributed by atoms with Crippen LogP contribution in [0, 0.1) is 0 Å². The summed E-state index contributed by atoms with van der Waals surface area (Å²) >= 11 is 0. The first-order valence-corrected chi connectivity index (χ1v) is 9.92. The van der Waals surface area contributed by atoms with Crippen LogP contribution in [0.25, 0.3) is 11.3 Å². The quantitative estimate of drug-likeness (QED) is 0.327. The Kier molecular flexibility index (Phi) is 5.32. The van der Waals surface area contributed by atoms with E-state index in [4.69, 9.17) is 21.3 Å². The average Bonchev–Trinajstić information content (AvgIpc) is 3.44. The fourth-order valence-corrected chi connectivity index (χ4v) is 2.85. The molecule has 1 saturated carbocycles. The Bertz CT molecular complexity index is 1070. The van der Waals surface area contributed by atoms with E-state index in [0.29, 0.717) is 28.6 Å². The van der Waals surface area contributed by atoms with E-state index in [-0.39, 0.29) is 12.1 Å². The highest BCUT2D eigenvalue weighted by molar-refractivity contribution is 5.77. The molecule has 3 heterocycles. The molecule has 3 aromatic rings. The Balaban J connectivity index is 1.71. The lowest BCUT2D eigenvalue weighted by Crippen LogP contribution is -2.32. The topological polar surface area (TPSA) is 132 Å². The lowest BCUT2D eigenvalue weighted by Gasteiger charge is -2.18. The molecule has 1 aliphatic rings. The third kappa shape index (κ3) is 4.08. The molecule has 1 fully saturated rings. The third-order valence-corrected chi connectivity index (χ3v) is 4.76. The predicted octanol–water partition coefficient (Wildman–Crippen LogP) is 2.29. The summed E-state index contributed by atoms with van der Waals surface area (Å²) in [4.78, 5) is 9.08. The van der Waals surface area contributed by atoms with Crippen LogP contribution in [-0.4, -0.2) is 43.8 Å². The van der Waals surface area contributed by atoms with Crippen LogP contribution < -0.4 is 26.9 Å². The van der Waals surface area contributed by atoms with Gasteiger partial charge in [-0.1, -0.05) is 0 Å². The largest absolute Gasteiger partial charge is 0.473 e. The zero-order valence-electron chi connectivity index (χ0n) is 17.3. The lowest BCUT2D eigenvalue weighted by atomic mass is 10.2. The van der Waals surface area contributed by atoms with Gasteiger partial charge in [0.05, 0.1) is 17.5 Å². The lowest BCUT2D eigenvalue weighted by molar-refractivity contribution is 0.293. The van der Waals surface area contributed by atoms with Gasteiger partial charge in [0.2, 0.25) is 5.88 Å². The smallest absolute Gasteiger partial charge is 0.238 e. The second-order valence-electron chi connectivity index (χ2n) is 7.49. The maximum atomic E-state index is 6.30. The molecule has 10 nitrogen and oxygen atoms in total. The van der Waals surface area contributed by atoms with E-state index in [1.807, 2.05) is 39.1 Å². The van der Waals surface area contributed by atoms with E-state index < -0.39 is 0 Å². The molecule has 0 aromatic carbocycles. The second-order valence-corrected chi connectivity index (χ2v) is 7.49. The SMILES string of the molecule is CNc1cc(Nc2cccnc2OC2CC2)nc2c(/C(N)=C/N(N)C(C)C)cnn12. The summed E-state index contributed by atoms with van der Waals surface area (Å²) in [6, 6.07) is 5.74. The van der Waals surface area contributed by atoms with E-state index >= 15 is 0 Å². The van der Waals surface area contributed by atoms with Gasteiger partial charge in [0, 0.05) is 31.6 Å². The zero-order valence-corrected chi connectivity index (χ0v) is 17.3. The zero-order chi connectivity index (χ0) is 21.3. The summed E-state index contributed by atoms with van der Waals surface area (Å²) in [6.45, 7) is 3.96. The number of nitrogens with zero attached hydrogens (tertiary/aromatic N) is 5. The van der Waals surface area contributed by atoms with Crippen molar-refractivity contribution in [3.05, 3.63) is 42.4 Å². The summed E-state index contributed by atoms with van der Waals surface area (Å²) in [7, 11) is 1.82. The summed E-state index contributed by atoms with van der Waals surface area (Å²) < 4.78 is 7.60. The second kappa shape index (κ2) is 8.07.